The van der Waals surface area contributed by atoms with Gasteiger partial charge in [-0.15, -0.1) is 0 Å². The minimum Gasteiger partial charge on any atom is -0.507 e. The summed E-state index contributed by atoms with van der Waals surface area (Å²) in [5.74, 6) is -2.34. The zero-order chi connectivity index (χ0) is 15.1. The molecular weight excluding hydrogens is 266 g/mol. The van der Waals surface area contributed by atoms with E-state index in [4.69, 9.17) is 5.11 Å². The number of hydrogen-bond acceptors (Lipinski definition) is 5. The number of carboxylic acid groups (broad SMARTS) is 1. The van der Waals surface area contributed by atoms with Crippen molar-refractivity contribution in [3.63, 3.8) is 0 Å². The van der Waals surface area contributed by atoms with Gasteiger partial charge < -0.3 is 20.3 Å². The first kappa shape index (κ1) is 15.5. The zero-order valence-corrected chi connectivity index (χ0v) is 10.9. The van der Waals surface area contributed by atoms with Gasteiger partial charge in [-0.25, -0.2) is 4.79 Å². The summed E-state index contributed by atoms with van der Waals surface area (Å²) < 4.78 is 4.49. The van der Waals surface area contributed by atoms with Gasteiger partial charge >= 0.3 is 11.9 Å². The van der Waals surface area contributed by atoms with E-state index in [1.54, 1.807) is 6.07 Å². The zero-order valence-electron chi connectivity index (χ0n) is 10.9. The Hall–Kier alpha value is -2.57. The monoisotopic (exact) mass is 281 g/mol. The second-order valence-electron chi connectivity index (χ2n) is 4.01. The smallest absolute Gasteiger partial charge is 0.341 e. The molecular formula is C13H15NO6. The number of carboxylic acids is 1. The molecule has 0 bridgehead atoms. The molecule has 0 saturated carbocycles. The normalized spacial score (nSPS) is 9.85. The molecule has 0 aliphatic heterocycles. The van der Waals surface area contributed by atoms with Crippen molar-refractivity contribution in [2.45, 2.75) is 19.4 Å². The molecule has 0 radical (unpaired) electrons. The molecule has 0 heterocycles. The molecule has 3 N–H and O–H groups in total. The number of aromatic hydroxyl groups is 1. The van der Waals surface area contributed by atoms with Crippen molar-refractivity contribution in [1.29, 1.82) is 0 Å². The lowest BCUT2D eigenvalue weighted by Gasteiger charge is -2.07. The lowest BCUT2D eigenvalue weighted by molar-refractivity contribution is -0.138. The highest BCUT2D eigenvalue weighted by atomic mass is 16.5. The maximum Gasteiger partial charge on any atom is 0.341 e. The van der Waals surface area contributed by atoms with Crippen LogP contribution in [-0.2, 0) is 20.9 Å². The van der Waals surface area contributed by atoms with E-state index >= 15 is 0 Å². The molecule has 1 aromatic carbocycles. The van der Waals surface area contributed by atoms with E-state index < -0.39 is 17.8 Å². The van der Waals surface area contributed by atoms with Gasteiger partial charge in [0.05, 0.1) is 13.5 Å². The summed E-state index contributed by atoms with van der Waals surface area (Å²) in [4.78, 5) is 32.9. The molecule has 0 aromatic heterocycles. The first-order valence-electron chi connectivity index (χ1n) is 5.82. The Balaban J connectivity index is 2.57. The van der Waals surface area contributed by atoms with Gasteiger partial charge in [0.15, 0.2) is 0 Å². The van der Waals surface area contributed by atoms with Crippen molar-refractivity contribution in [1.82, 2.24) is 5.32 Å². The van der Waals surface area contributed by atoms with Crippen LogP contribution in [0, 0.1) is 0 Å². The number of amides is 1. The summed E-state index contributed by atoms with van der Waals surface area (Å²) in [6, 6.07) is 4.28. The van der Waals surface area contributed by atoms with Crippen LogP contribution in [0.5, 0.6) is 5.75 Å². The third-order valence-electron chi connectivity index (χ3n) is 2.52. The summed E-state index contributed by atoms with van der Waals surface area (Å²) in [5.41, 5.74) is 0.618. The highest BCUT2D eigenvalue weighted by molar-refractivity contribution is 5.92. The van der Waals surface area contributed by atoms with Crippen LogP contribution < -0.4 is 5.32 Å². The van der Waals surface area contributed by atoms with Gasteiger partial charge in [0, 0.05) is 13.0 Å². The van der Waals surface area contributed by atoms with Crippen LogP contribution in [0.4, 0.5) is 0 Å². The number of rotatable bonds is 6. The van der Waals surface area contributed by atoms with E-state index in [0.717, 1.165) is 0 Å². The molecule has 1 aromatic rings. The number of phenolic OH excluding ortho intramolecular Hbond substituents is 1. The summed E-state index contributed by atoms with van der Waals surface area (Å²) in [5, 5.41) is 20.6. The fourth-order valence-corrected chi connectivity index (χ4v) is 1.48. The third-order valence-corrected chi connectivity index (χ3v) is 2.52. The lowest BCUT2D eigenvalue weighted by atomic mass is 10.1. The minimum atomic E-state index is -1.04. The fourth-order valence-electron chi connectivity index (χ4n) is 1.48. The molecule has 0 aliphatic carbocycles. The topological polar surface area (TPSA) is 113 Å². The molecule has 0 spiro atoms. The number of ether oxygens (including phenoxy) is 1. The number of aliphatic carboxylic acids is 1. The standard InChI is InChI=1S/C13H15NO6/c1-20-13(19)9-3-2-8(6-10(9)15)7-14-11(16)4-5-12(17)18/h2-3,6,15H,4-5,7H2,1H3,(H,14,16)(H,17,18). The molecule has 108 valence electrons. The van der Waals surface area contributed by atoms with Gasteiger partial charge in [0.2, 0.25) is 5.91 Å². The maximum absolute atomic E-state index is 11.3. The van der Waals surface area contributed by atoms with Gasteiger partial charge in [-0.2, -0.15) is 0 Å². The average molecular weight is 281 g/mol. The molecule has 1 rings (SSSR count). The third kappa shape index (κ3) is 4.60. The van der Waals surface area contributed by atoms with Crippen molar-refractivity contribution < 1.29 is 29.3 Å². The quantitative estimate of drug-likeness (QED) is 0.660. The average Bonchev–Trinajstić information content (AvgIpc) is 2.42. The second-order valence-corrected chi connectivity index (χ2v) is 4.01. The van der Waals surface area contributed by atoms with E-state index in [1.165, 1.54) is 19.2 Å². The number of benzene rings is 1. The van der Waals surface area contributed by atoms with Crippen LogP contribution in [0.2, 0.25) is 0 Å². The number of carbonyl (C=O) groups is 3. The van der Waals surface area contributed by atoms with Crippen molar-refractivity contribution in [3.05, 3.63) is 29.3 Å². The number of methoxy groups -OCH3 is 1. The maximum atomic E-state index is 11.3. The van der Waals surface area contributed by atoms with Gasteiger partial charge in [-0.05, 0) is 17.7 Å². The fraction of sp³-hybridized carbons (Fsp3) is 0.308. The lowest BCUT2D eigenvalue weighted by Crippen LogP contribution is -2.23. The summed E-state index contributed by atoms with van der Waals surface area (Å²) in [6.07, 6.45) is -0.347. The van der Waals surface area contributed by atoms with Crippen LogP contribution in [0.25, 0.3) is 0 Å². The number of phenols is 1. The van der Waals surface area contributed by atoms with Crippen LogP contribution in [0.1, 0.15) is 28.8 Å². The van der Waals surface area contributed by atoms with Crippen LogP contribution >= 0.6 is 0 Å². The van der Waals surface area contributed by atoms with E-state index in [9.17, 15) is 19.5 Å². The second kappa shape index (κ2) is 7.13. The largest absolute Gasteiger partial charge is 0.507 e. The number of esters is 1. The van der Waals surface area contributed by atoms with Gasteiger partial charge in [-0.3, -0.25) is 9.59 Å². The molecule has 0 fully saturated rings. The molecule has 20 heavy (non-hydrogen) atoms. The molecule has 0 saturated heterocycles. The molecule has 7 heteroatoms. The highest BCUT2D eigenvalue weighted by Crippen LogP contribution is 2.19. The number of hydrogen-bond donors (Lipinski definition) is 3. The molecule has 0 unspecified atom stereocenters. The van der Waals surface area contributed by atoms with E-state index in [1.807, 2.05) is 0 Å². The summed E-state index contributed by atoms with van der Waals surface area (Å²) in [7, 11) is 1.21. The van der Waals surface area contributed by atoms with Crippen molar-refractivity contribution in [2.24, 2.45) is 0 Å². The first-order valence-corrected chi connectivity index (χ1v) is 5.82. The van der Waals surface area contributed by atoms with E-state index in [-0.39, 0.29) is 30.7 Å². The van der Waals surface area contributed by atoms with E-state index in [0.29, 0.717) is 5.56 Å². The van der Waals surface area contributed by atoms with Gasteiger partial charge in [0.25, 0.3) is 0 Å². The Bertz CT molecular complexity index is 526. The van der Waals surface area contributed by atoms with Crippen molar-refractivity contribution >= 4 is 17.8 Å². The highest BCUT2D eigenvalue weighted by Gasteiger charge is 2.12. The van der Waals surface area contributed by atoms with Crippen molar-refractivity contribution in [3.8, 4) is 5.75 Å². The molecule has 0 atom stereocenters. The Kier molecular flexibility index (Phi) is 5.52. The number of carbonyl (C=O) groups excluding carboxylic acids is 2. The minimum absolute atomic E-state index is 0.0356. The van der Waals surface area contributed by atoms with Crippen LogP contribution in [0.15, 0.2) is 18.2 Å². The Morgan fingerprint density at radius 3 is 2.50 bits per heavy atom. The molecule has 0 aliphatic rings. The summed E-state index contributed by atoms with van der Waals surface area (Å²) in [6.45, 7) is 0.132. The SMILES string of the molecule is COC(=O)c1ccc(CNC(=O)CCC(=O)O)cc1O. The van der Waals surface area contributed by atoms with E-state index in [2.05, 4.69) is 10.1 Å². The van der Waals surface area contributed by atoms with Gasteiger partial charge in [-0.1, -0.05) is 6.07 Å². The first-order chi connectivity index (χ1) is 9.43. The molecule has 7 nitrogen and oxygen atoms in total. The Labute approximate surface area is 115 Å². The van der Waals surface area contributed by atoms with Crippen LogP contribution in [0.3, 0.4) is 0 Å². The Morgan fingerprint density at radius 1 is 1.25 bits per heavy atom. The van der Waals surface area contributed by atoms with Gasteiger partial charge in [0.1, 0.15) is 11.3 Å². The summed E-state index contributed by atoms with van der Waals surface area (Å²) >= 11 is 0. The molecule has 1 amide bonds. The Morgan fingerprint density at radius 2 is 1.95 bits per heavy atom. The number of nitrogens with one attached hydrogen (secondary N) is 1. The van der Waals surface area contributed by atoms with Crippen LogP contribution in [-0.4, -0.2) is 35.2 Å². The predicted octanol–water partition coefficient (Wildman–Crippen LogP) is 0.660. The predicted molar refractivity (Wildman–Crippen MR) is 68.2 cm³/mol. The van der Waals surface area contributed by atoms with Crippen molar-refractivity contribution in [2.75, 3.05) is 7.11 Å².